The molecule has 0 amide bonds. The largest absolute Gasteiger partial charge is 0.377 e. The molecule has 0 radical (unpaired) electrons. The fraction of sp³-hybridized carbons (Fsp3) is 0.571. The molecule has 0 N–H and O–H groups in total. The van der Waals surface area contributed by atoms with Gasteiger partial charge in [0.15, 0.2) is 0 Å². The Morgan fingerprint density at radius 3 is 2.53 bits per heavy atom. The van der Waals surface area contributed by atoms with Crippen LogP contribution in [-0.4, -0.2) is 38.5 Å². The Bertz CT molecular complexity index is 504. The van der Waals surface area contributed by atoms with Gasteiger partial charge in [0, 0.05) is 19.7 Å². The molecule has 1 fully saturated rings. The topological polar surface area (TPSA) is 46.6 Å². The molecule has 2 rings (SSSR count). The number of rotatable bonds is 5. The lowest BCUT2D eigenvalue weighted by Gasteiger charge is -2.23. The van der Waals surface area contributed by atoms with E-state index in [1.54, 1.807) is 12.1 Å². The highest BCUT2D eigenvalue weighted by atomic mass is 32.2. The molecule has 0 saturated carbocycles. The van der Waals surface area contributed by atoms with E-state index in [2.05, 4.69) is 0 Å². The van der Waals surface area contributed by atoms with Gasteiger partial charge >= 0.3 is 0 Å². The van der Waals surface area contributed by atoms with Crippen molar-refractivity contribution in [2.75, 3.05) is 19.7 Å². The molecule has 0 spiro atoms. The predicted octanol–water partition coefficient (Wildman–Crippen LogP) is 2.18. The van der Waals surface area contributed by atoms with E-state index < -0.39 is 10.0 Å². The van der Waals surface area contributed by atoms with E-state index in [0.717, 1.165) is 25.0 Å². The average Bonchev–Trinajstić information content (AvgIpc) is 2.89. The van der Waals surface area contributed by atoms with Gasteiger partial charge in [-0.1, -0.05) is 24.6 Å². The van der Waals surface area contributed by atoms with E-state index in [1.165, 1.54) is 4.31 Å². The van der Waals surface area contributed by atoms with Crippen LogP contribution in [0.2, 0.25) is 0 Å². The van der Waals surface area contributed by atoms with Gasteiger partial charge in [-0.2, -0.15) is 4.31 Å². The van der Waals surface area contributed by atoms with Crippen LogP contribution < -0.4 is 0 Å². The molecule has 1 heterocycles. The van der Waals surface area contributed by atoms with Crippen molar-refractivity contribution in [2.45, 2.75) is 37.7 Å². The first kappa shape index (κ1) is 14.5. The summed E-state index contributed by atoms with van der Waals surface area (Å²) in [5.74, 6) is 0. The molecule has 106 valence electrons. The van der Waals surface area contributed by atoms with Crippen molar-refractivity contribution in [2.24, 2.45) is 0 Å². The second-order valence-electron chi connectivity index (χ2n) is 4.90. The van der Waals surface area contributed by atoms with Crippen LogP contribution in [0.25, 0.3) is 0 Å². The summed E-state index contributed by atoms with van der Waals surface area (Å²) in [7, 11) is -3.40. The molecule has 1 aromatic carbocycles. The van der Waals surface area contributed by atoms with Crippen molar-refractivity contribution in [3.63, 3.8) is 0 Å². The fourth-order valence-electron chi connectivity index (χ4n) is 2.27. The third-order valence-electron chi connectivity index (χ3n) is 3.44. The Hall–Kier alpha value is -0.910. The summed E-state index contributed by atoms with van der Waals surface area (Å²) in [5, 5.41) is 0. The number of ether oxygens (including phenoxy) is 1. The van der Waals surface area contributed by atoms with Gasteiger partial charge in [0.2, 0.25) is 10.0 Å². The summed E-state index contributed by atoms with van der Waals surface area (Å²) >= 11 is 0. The van der Waals surface area contributed by atoms with E-state index >= 15 is 0 Å². The van der Waals surface area contributed by atoms with Crippen LogP contribution in [0.15, 0.2) is 29.2 Å². The zero-order valence-corrected chi connectivity index (χ0v) is 12.3. The first-order valence-electron chi connectivity index (χ1n) is 6.72. The highest BCUT2D eigenvalue weighted by molar-refractivity contribution is 7.89. The SMILES string of the molecule is CCN(CC1CCCO1)S(=O)(=O)c1ccc(C)cc1. The third kappa shape index (κ3) is 3.35. The van der Waals surface area contributed by atoms with Crippen molar-refractivity contribution in [1.29, 1.82) is 0 Å². The van der Waals surface area contributed by atoms with Crippen LogP contribution in [-0.2, 0) is 14.8 Å². The average molecular weight is 283 g/mol. The zero-order valence-electron chi connectivity index (χ0n) is 11.5. The van der Waals surface area contributed by atoms with E-state index in [-0.39, 0.29) is 6.10 Å². The number of nitrogens with zero attached hydrogens (tertiary/aromatic N) is 1. The van der Waals surface area contributed by atoms with Gasteiger partial charge in [0.25, 0.3) is 0 Å². The van der Waals surface area contributed by atoms with Crippen molar-refractivity contribution in [3.05, 3.63) is 29.8 Å². The van der Waals surface area contributed by atoms with Gasteiger partial charge in [-0.25, -0.2) is 8.42 Å². The van der Waals surface area contributed by atoms with E-state index in [1.807, 2.05) is 26.0 Å². The monoisotopic (exact) mass is 283 g/mol. The lowest BCUT2D eigenvalue weighted by molar-refractivity contribution is 0.0947. The van der Waals surface area contributed by atoms with Crippen LogP contribution >= 0.6 is 0 Å². The second-order valence-corrected chi connectivity index (χ2v) is 6.84. The summed E-state index contributed by atoms with van der Waals surface area (Å²) in [5.41, 5.74) is 1.06. The Morgan fingerprint density at radius 2 is 2.00 bits per heavy atom. The number of aryl methyl sites for hydroxylation is 1. The molecule has 5 heteroatoms. The molecule has 1 aliphatic rings. The Balaban J connectivity index is 2.17. The summed E-state index contributed by atoms with van der Waals surface area (Å²) in [6.07, 6.45) is 2.01. The quantitative estimate of drug-likeness (QED) is 0.832. The first-order chi connectivity index (χ1) is 9.04. The third-order valence-corrected chi connectivity index (χ3v) is 5.40. The molecule has 1 aromatic rings. The van der Waals surface area contributed by atoms with E-state index in [0.29, 0.717) is 18.0 Å². The van der Waals surface area contributed by atoms with Crippen molar-refractivity contribution in [3.8, 4) is 0 Å². The van der Waals surface area contributed by atoms with Crippen molar-refractivity contribution < 1.29 is 13.2 Å². The van der Waals surface area contributed by atoms with Crippen LogP contribution in [0.5, 0.6) is 0 Å². The lowest BCUT2D eigenvalue weighted by Crippen LogP contribution is -2.37. The predicted molar refractivity (Wildman–Crippen MR) is 74.6 cm³/mol. The maximum atomic E-state index is 12.5. The van der Waals surface area contributed by atoms with Crippen LogP contribution in [0.1, 0.15) is 25.3 Å². The maximum Gasteiger partial charge on any atom is 0.243 e. The molecule has 19 heavy (non-hydrogen) atoms. The van der Waals surface area contributed by atoms with Crippen LogP contribution in [0, 0.1) is 6.92 Å². The number of benzene rings is 1. The van der Waals surface area contributed by atoms with E-state index in [4.69, 9.17) is 4.74 Å². The minimum atomic E-state index is -3.40. The molecule has 1 unspecified atom stereocenters. The summed E-state index contributed by atoms with van der Waals surface area (Å²) in [6.45, 7) is 5.47. The number of likely N-dealkylation sites (N-methyl/N-ethyl adjacent to an activating group) is 1. The fourth-order valence-corrected chi connectivity index (χ4v) is 3.75. The first-order valence-corrected chi connectivity index (χ1v) is 8.16. The Morgan fingerprint density at radius 1 is 1.32 bits per heavy atom. The molecule has 4 nitrogen and oxygen atoms in total. The molecule has 0 bridgehead atoms. The standard InChI is InChI=1S/C14H21NO3S/c1-3-15(11-13-5-4-10-18-13)19(16,17)14-8-6-12(2)7-9-14/h6-9,13H,3-5,10-11H2,1-2H3. The van der Waals surface area contributed by atoms with Gasteiger partial charge in [-0.3, -0.25) is 0 Å². The zero-order chi connectivity index (χ0) is 13.9. The van der Waals surface area contributed by atoms with Gasteiger partial charge in [-0.15, -0.1) is 0 Å². The minimum Gasteiger partial charge on any atom is -0.377 e. The molecule has 0 aliphatic carbocycles. The highest BCUT2D eigenvalue weighted by Crippen LogP contribution is 2.20. The van der Waals surface area contributed by atoms with E-state index in [9.17, 15) is 8.42 Å². The number of sulfonamides is 1. The van der Waals surface area contributed by atoms with Gasteiger partial charge in [0.05, 0.1) is 11.0 Å². The smallest absolute Gasteiger partial charge is 0.243 e. The molecule has 1 atom stereocenters. The molecule has 0 aromatic heterocycles. The molecular formula is C14H21NO3S. The second kappa shape index (κ2) is 6.03. The van der Waals surface area contributed by atoms with Crippen molar-refractivity contribution >= 4 is 10.0 Å². The van der Waals surface area contributed by atoms with Crippen molar-refractivity contribution in [1.82, 2.24) is 4.31 Å². The molecule has 1 saturated heterocycles. The number of hydrogen-bond donors (Lipinski definition) is 0. The summed E-state index contributed by atoms with van der Waals surface area (Å²) in [4.78, 5) is 0.359. The maximum absolute atomic E-state index is 12.5. The number of hydrogen-bond acceptors (Lipinski definition) is 3. The molecular weight excluding hydrogens is 262 g/mol. The van der Waals surface area contributed by atoms with Crippen LogP contribution in [0.4, 0.5) is 0 Å². The Kier molecular flexibility index (Phi) is 4.60. The minimum absolute atomic E-state index is 0.0418. The lowest BCUT2D eigenvalue weighted by atomic mass is 10.2. The normalized spacial score (nSPS) is 20.1. The Labute approximate surface area is 115 Å². The summed E-state index contributed by atoms with van der Waals surface area (Å²) in [6, 6.07) is 6.99. The van der Waals surface area contributed by atoms with Gasteiger partial charge in [-0.05, 0) is 31.9 Å². The molecule has 1 aliphatic heterocycles. The van der Waals surface area contributed by atoms with Crippen LogP contribution in [0.3, 0.4) is 0 Å². The van der Waals surface area contributed by atoms with Gasteiger partial charge < -0.3 is 4.74 Å². The van der Waals surface area contributed by atoms with Gasteiger partial charge in [0.1, 0.15) is 0 Å². The highest BCUT2D eigenvalue weighted by Gasteiger charge is 2.27. The summed E-state index contributed by atoms with van der Waals surface area (Å²) < 4.78 is 32.1.